The highest BCUT2D eigenvalue weighted by Gasteiger charge is 2.21. The molecule has 2 aromatic rings. The summed E-state index contributed by atoms with van der Waals surface area (Å²) in [7, 11) is 1.67. The van der Waals surface area contributed by atoms with Gasteiger partial charge in [0, 0.05) is 24.6 Å². The predicted octanol–water partition coefficient (Wildman–Crippen LogP) is 5.60. The van der Waals surface area contributed by atoms with E-state index >= 15 is 0 Å². The number of aromatic nitrogens is 1. The van der Waals surface area contributed by atoms with Crippen LogP contribution in [0.25, 0.3) is 17.0 Å². The molecule has 2 rings (SSSR count). The summed E-state index contributed by atoms with van der Waals surface area (Å²) in [6.07, 6.45) is 5.34. The highest BCUT2D eigenvalue weighted by molar-refractivity contribution is 6.18. The van der Waals surface area contributed by atoms with Gasteiger partial charge in [0.2, 0.25) is 0 Å². The Hall–Kier alpha value is -1.78. The molecule has 0 saturated heterocycles. The fourth-order valence-corrected chi connectivity index (χ4v) is 2.66. The van der Waals surface area contributed by atoms with Crippen LogP contribution in [-0.4, -0.2) is 29.0 Å². The van der Waals surface area contributed by atoms with Crippen LogP contribution in [0.15, 0.2) is 30.5 Å². The first-order chi connectivity index (χ1) is 11.6. The third-order valence-corrected chi connectivity index (χ3v) is 4.15. The number of methoxy groups -OCH3 is 1. The fourth-order valence-electron chi connectivity index (χ4n) is 2.46. The van der Waals surface area contributed by atoms with Crippen LogP contribution in [0.2, 0.25) is 0 Å². The average molecular weight is 364 g/mol. The fraction of sp³-hybridized carbons (Fsp3) is 0.450. The van der Waals surface area contributed by atoms with Crippen LogP contribution in [0.5, 0.6) is 0 Å². The molecule has 0 bridgehead atoms. The molecule has 4 nitrogen and oxygen atoms in total. The van der Waals surface area contributed by atoms with Crippen LogP contribution in [0, 0.1) is 0 Å². The summed E-state index contributed by atoms with van der Waals surface area (Å²) in [6, 6.07) is 5.81. The monoisotopic (exact) mass is 363 g/mol. The Balaban J connectivity index is 2.56. The number of halogens is 1. The van der Waals surface area contributed by atoms with Crippen molar-refractivity contribution in [1.82, 2.24) is 4.57 Å². The van der Waals surface area contributed by atoms with Crippen LogP contribution in [0.3, 0.4) is 0 Å². The van der Waals surface area contributed by atoms with Crippen molar-refractivity contribution in [2.24, 2.45) is 0 Å². The minimum absolute atomic E-state index is 0.310. The number of benzene rings is 1. The number of hydrogen-bond donors (Lipinski definition) is 0. The molecular weight excluding hydrogens is 338 g/mol. The molecule has 5 heteroatoms. The highest BCUT2D eigenvalue weighted by Crippen LogP contribution is 2.29. The molecular formula is C20H26ClNO3. The van der Waals surface area contributed by atoms with E-state index in [1.54, 1.807) is 13.3 Å². The van der Waals surface area contributed by atoms with Crippen molar-refractivity contribution >= 4 is 34.7 Å². The summed E-state index contributed by atoms with van der Waals surface area (Å²) in [5.74, 6) is 0.310. The van der Waals surface area contributed by atoms with E-state index in [9.17, 15) is 4.79 Å². The Morgan fingerprint density at radius 1 is 1.24 bits per heavy atom. The number of alkyl halides is 1. The van der Waals surface area contributed by atoms with Gasteiger partial charge >= 0.3 is 6.09 Å². The second-order valence-corrected chi connectivity index (χ2v) is 7.79. The van der Waals surface area contributed by atoms with E-state index in [0.29, 0.717) is 5.88 Å². The highest BCUT2D eigenvalue weighted by atomic mass is 35.5. The summed E-state index contributed by atoms with van der Waals surface area (Å²) in [5.41, 5.74) is 1.71. The van der Waals surface area contributed by atoms with Gasteiger partial charge in [0.1, 0.15) is 5.60 Å². The van der Waals surface area contributed by atoms with Crippen LogP contribution in [-0.2, 0) is 15.4 Å². The van der Waals surface area contributed by atoms with E-state index < -0.39 is 11.7 Å². The molecule has 25 heavy (non-hydrogen) atoms. The maximum atomic E-state index is 12.5. The molecule has 0 spiro atoms. The van der Waals surface area contributed by atoms with Gasteiger partial charge in [0.05, 0.1) is 11.1 Å². The number of carbonyl (C=O) groups is 1. The Morgan fingerprint density at radius 2 is 1.92 bits per heavy atom. The molecule has 0 aliphatic rings. The maximum absolute atomic E-state index is 12.5. The number of ether oxygens (including phenoxy) is 2. The summed E-state index contributed by atoms with van der Waals surface area (Å²) >= 11 is 6.13. The largest absolute Gasteiger partial charge is 0.443 e. The number of rotatable bonds is 4. The first-order valence-electron chi connectivity index (χ1n) is 8.24. The zero-order valence-corrected chi connectivity index (χ0v) is 16.5. The van der Waals surface area contributed by atoms with Gasteiger partial charge in [-0.15, -0.1) is 11.6 Å². The molecule has 0 radical (unpaired) electrons. The van der Waals surface area contributed by atoms with Gasteiger partial charge in [-0.1, -0.05) is 24.3 Å². The van der Waals surface area contributed by atoms with E-state index in [0.717, 1.165) is 22.0 Å². The van der Waals surface area contributed by atoms with Crippen LogP contribution < -0.4 is 0 Å². The van der Waals surface area contributed by atoms with E-state index in [1.165, 1.54) is 4.57 Å². The third kappa shape index (κ3) is 4.65. The summed E-state index contributed by atoms with van der Waals surface area (Å²) < 4.78 is 12.5. The molecule has 0 aliphatic heterocycles. The molecule has 0 saturated carbocycles. The summed E-state index contributed by atoms with van der Waals surface area (Å²) in [4.78, 5) is 12.5. The average Bonchev–Trinajstić information content (AvgIpc) is 2.91. The normalized spacial score (nSPS) is 12.9. The minimum Gasteiger partial charge on any atom is -0.443 e. The molecule has 1 aromatic heterocycles. The number of carbonyl (C=O) groups excluding carboxylic acids is 1. The third-order valence-electron chi connectivity index (χ3n) is 3.86. The van der Waals surface area contributed by atoms with Gasteiger partial charge in [-0.3, -0.25) is 4.57 Å². The van der Waals surface area contributed by atoms with Gasteiger partial charge in [-0.2, -0.15) is 0 Å². The topological polar surface area (TPSA) is 40.5 Å². The molecule has 0 amide bonds. The molecule has 0 N–H and O–H groups in total. The summed E-state index contributed by atoms with van der Waals surface area (Å²) in [6.45, 7) is 9.51. The molecule has 0 fully saturated rings. The molecule has 1 aromatic carbocycles. The maximum Gasteiger partial charge on any atom is 0.419 e. The lowest BCUT2D eigenvalue weighted by Crippen LogP contribution is -2.26. The van der Waals surface area contributed by atoms with Gasteiger partial charge < -0.3 is 9.47 Å². The lowest BCUT2D eigenvalue weighted by molar-refractivity contribution is 0.0544. The van der Waals surface area contributed by atoms with Crippen molar-refractivity contribution in [3.8, 4) is 0 Å². The van der Waals surface area contributed by atoms with Crippen molar-refractivity contribution in [1.29, 1.82) is 0 Å². The molecule has 136 valence electrons. The van der Waals surface area contributed by atoms with E-state index in [1.807, 2.05) is 65.0 Å². The van der Waals surface area contributed by atoms with E-state index in [4.69, 9.17) is 21.1 Å². The standard InChI is InChI=1S/C20H26ClNO3/c1-19(2,3)25-18(23)22-13-15(12-21)17-14(8-7-9-16(17)22)10-11-20(4,5)24-6/h7-11,13H,12H2,1-6H3/b11-10+. The van der Waals surface area contributed by atoms with Gasteiger partial charge in [0.15, 0.2) is 0 Å². The SMILES string of the molecule is COC(C)(C)/C=C/c1cccc2c1c(CCl)cn2C(=O)OC(C)(C)C. The predicted molar refractivity (Wildman–Crippen MR) is 103 cm³/mol. The van der Waals surface area contributed by atoms with Crippen molar-refractivity contribution in [2.45, 2.75) is 51.7 Å². The molecule has 0 aliphatic carbocycles. The van der Waals surface area contributed by atoms with Crippen LogP contribution in [0.1, 0.15) is 45.7 Å². The number of fused-ring (bicyclic) bond motifs is 1. The van der Waals surface area contributed by atoms with Crippen molar-refractivity contribution < 1.29 is 14.3 Å². The Kier molecular flexibility index (Phi) is 5.65. The Bertz CT molecular complexity index is 797. The second kappa shape index (κ2) is 7.22. The first kappa shape index (κ1) is 19.5. The minimum atomic E-state index is -0.561. The van der Waals surface area contributed by atoms with Gasteiger partial charge in [0.25, 0.3) is 0 Å². The lowest BCUT2D eigenvalue weighted by Gasteiger charge is -2.19. The number of nitrogens with zero attached hydrogens (tertiary/aromatic N) is 1. The molecule has 0 unspecified atom stereocenters. The Labute approximate surface area is 154 Å². The summed E-state index contributed by atoms with van der Waals surface area (Å²) in [5, 5.41) is 0.950. The molecule has 1 heterocycles. The van der Waals surface area contributed by atoms with Crippen LogP contribution in [0.4, 0.5) is 4.79 Å². The first-order valence-corrected chi connectivity index (χ1v) is 8.78. The Morgan fingerprint density at radius 3 is 2.48 bits per heavy atom. The van der Waals surface area contributed by atoms with E-state index in [-0.39, 0.29) is 5.60 Å². The lowest BCUT2D eigenvalue weighted by atomic mass is 10.0. The second-order valence-electron chi connectivity index (χ2n) is 7.52. The van der Waals surface area contributed by atoms with Crippen LogP contribution >= 0.6 is 11.6 Å². The quantitative estimate of drug-likeness (QED) is 0.663. The smallest absolute Gasteiger partial charge is 0.419 e. The van der Waals surface area contributed by atoms with Gasteiger partial charge in [-0.25, -0.2) is 4.79 Å². The van der Waals surface area contributed by atoms with Crippen molar-refractivity contribution in [2.75, 3.05) is 7.11 Å². The van der Waals surface area contributed by atoms with E-state index in [2.05, 4.69) is 0 Å². The van der Waals surface area contributed by atoms with Crippen molar-refractivity contribution in [3.05, 3.63) is 41.6 Å². The molecule has 0 atom stereocenters. The zero-order valence-electron chi connectivity index (χ0n) is 15.7. The van der Waals surface area contributed by atoms with Crippen molar-refractivity contribution in [3.63, 3.8) is 0 Å². The number of hydrogen-bond acceptors (Lipinski definition) is 3. The van der Waals surface area contributed by atoms with Gasteiger partial charge in [-0.05, 0) is 51.8 Å². The zero-order chi connectivity index (χ0) is 18.8.